The van der Waals surface area contributed by atoms with Gasteiger partial charge in [0.2, 0.25) is 0 Å². The Labute approximate surface area is 146 Å². The number of hydrogen-bond donors (Lipinski definition) is 1. The molecule has 0 aliphatic rings. The first-order valence-electron chi connectivity index (χ1n) is 6.17. The van der Waals surface area contributed by atoms with Crippen LogP contribution in [0.1, 0.15) is 18.2 Å². The number of nitrogens with zero attached hydrogens (tertiary/aromatic N) is 1. The van der Waals surface area contributed by atoms with Crippen LogP contribution in [-0.4, -0.2) is 17.6 Å². The van der Waals surface area contributed by atoms with E-state index in [1.165, 1.54) is 17.4 Å². The molecule has 116 valence electrons. The second kappa shape index (κ2) is 7.33. The minimum atomic E-state index is -0.542. The third-order valence-electron chi connectivity index (χ3n) is 2.66. The molecule has 0 unspecified atom stereocenters. The van der Waals surface area contributed by atoms with E-state index in [1.54, 1.807) is 24.4 Å². The minimum Gasteiger partial charge on any atom is -0.462 e. The van der Waals surface area contributed by atoms with Crippen molar-refractivity contribution < 1.29 is 9.53 Å². The summed E-state index contributed by atoms with van der Waals surface area (Å²) in [6.45, 7) is 1.94. The summed E-state index contributed by atoms with van der Waals surface area (Å²) in [6.07, 6.45) is 1.50. The maximum absolute atomic E-state index is 12.2. The van der Waals surface area contributed by atoms with Gasteiger partial charge in [-0.25, -0.2) is 9.78 Å². The first-order valence-corrected chi connectivity index (χ1v) is 8.19. The maximum atomic E-state index is 12.2. The van der Waals surface area contributed by atoms with E-state index in [2.05, 4.69) is 4.98 Å². The number of nitrogen functional groups attached to an aromatic ring is 1. The Kier molecular flexibility index (Phi) is 5.69. The predicted octanol–water partition coefficient (Wildman–Crippen LogP) is 4.79. The Morgan fingerprint density at radius 1 is 1.36 bits per heavy atom. The lowest BCUT2D eigenvalue weighted by Crippen LogP contribution is -2.07. The highest BCUT2D eigenvalue weighted by Gasteiger charge is 2.18. The molecule has 0 spiro atoms. The van der Waals surface area contributed by atoms with Gasteiger partial charge in [-0.3, -0.25) is 0 Å². The van der Waals surface area contributed by atoms with E-state index >= 15 is 0 Å². The number of ether oxygens (including phenoxy) is 1. The predicted molar refractivity (Wildman–Crippen MR) is 92.5 cm³/mol. The molecule has 0 bridgehead atoms. The van der Waals surface area contributed by atoms with E-state index in [0.29, 0.717) is 26.4 Å². The smallest absolute Gasteiger partial charge is 0.340 e. The van der Waals surface area contributed by atoms with Crippen LogP contribution in [0.4, 0.5) is 5.13 Å². The standard InChI is InChI=1S/C14H11Cl3N2O2S/c1-2-21-13(20)8(11-6-22-14(18)19-11)5-7-9(15)3-4-10(16)12(7)17/h3-6H,2H2,1H3,(H2,18,19)/b8-5-. The molecule has 8 heteroatoms. The number of esters is 1. The van der Waals surface area contributed by atoms with Crippen molar-refractivity contribution in [3.63, 3.8) is 0 Å². The van der Waals surface area contributed by atoms with E-state index in [0.717, 1.165) is 0 Å². The van der Waals surface area contributed by atoms with Gasteiger partial charge in [0.15, 0.2) is 5.13 Å². The van der Waals surface area contributed by atoms with Gasteiger partial charge in [-0.05, 0) is 25.1 Å². The lowest BCUT2D eigenvalue weighted by molar-refractivity contribution is -0.136. The number of thiazole rings is 1. The number of carbonyl (C=O) groups is 1. The largest absolute Gasteiger partial charge is 0.462 e. The van der Waals surface area contributed by atoms with E-state index < -0.39 is 5.97 Å². The fraction of sp³-hybridized carbons (Fsp3) is 0.143. The molecule has 1 aromatic heterocycles. The zero-order valence-corrected chi connectivity index (χ0v) is 14.5. The monoisotopic (exact) mass is 376 g/mol. The molecule has 0 atom stereocenters. The van der Waals surface area contributed by atoms with Crippen LogP contribution in [0, 0.1) is 0 Å². The molecule has 2 rings (SSSR count). The normalized spacial score (nSPS) is 11.5. The molecule has 0 amide bonds. The van der Waals surface area contributed by atoms with Crippen molar-refractivity contribution in [2.45, 2.75) is 6.92 Å². The lowest BCUT2D eigenvalue weighted by atomic mass is 10.1. The highest BCUT2D eigenvalue weighted by molar-refractivity contribution is 7.13. The molecule has 2 N–H and O–H groups in total. The fourth-order valence-electron chi connectivity index (χ4n) is 1.68. The second-order valence-electron chi connectivity index (χ2n) is 4.11. The van der Waals surface area contributed by atoms with Gasteiger partial charge in [0.25, 0.3) is 0 Å². The van der Waals surface area contributed by atoms with Crippen molar-refractivity contribution in [2.24, 2.45) is 0 Å². The van der Waals surface area contributed by atoms with Crippen LogP contribution in [-0.2, 0) is 9.53 Å². The van der Waals surface area contributed by atoms with Gasteiger partial charge in [-0.1, -0.05) is 34.8 Å². The number of benzene rings is 1. The molecule has 1 heterocycles. The average Bonchev–Trinajstić information content (AvgIpc) is 2.90. The highest BCUT2D eigenvalue weighted by Crippen LogP contribution is 2.34. The van der Waals surface area contributed by atoms with Gasteiger partial charge in [0.1, 0.15) is 0 Å². The molecule has 1 aromatic carbocycles. The fourth-order valence-corrected chi connectivity index (χ4v) is 2.88. The van der Waals surface area contributed by atoms with Crippen molar-refractivity contribution in [3.05, 3.63) is 43.8 Å². The molecule has 0 radical (unpaired) electrons. The molecule has 22 heavy (non-hydrogen) atoms. The van der Waals surface area contributed by atoms with Crippen LogP contribution in [0.5, 0.6) is 0 Å². The Balaban J connectivity index is 2.59. The summed E-state index contributed by atoms with van der Waals surface area (Å²) in [6, 6.07) is 3.17. The van der Waals surface area contributed by atoms with Crippen molar-refractivity contribution in [1.82, 2.24) is 4.98 Å². The third-order valence-corrected chi connectivity index (χ3v) is 4.48. The minimum absolute atomic E-state index is 0.209. The first-order chi connectivity index (χ1) is 10.4. The molecular formula is C14H11Cl3N2O2S. The Bertz CT molecular complexity index is 744. The van der Waals surface area contributed by atoms with Gasteiger partial charge >= 0.3 is 5.97 Å². The van der Waals surface area contributed by atoms with Crippen molar-refractivity contribution in [1.29, 1.82) is 0 Å². The summed E-state index contributed by atoms with van der Waals surface area (Å²) < 4.78 is 5.05. The number of rotatable bonds is 4. The molecule has 4 nitrogen and oxygen atoms in total. The second-order valence-corrected chi connectivity index (χ2v) is 6.19. The molecule has 2 aromatic rings. The summed E-state index contributed by atoms with van der Waals surface area (Å²) >= 11 is 19.5. The van der Waals surface area contributed by atoms with Crippen LogP contribution in [0.3, 0.4) is 0 Å². The van der Waals surface area contributed by atoms with Gasteiger partial charge in [0.05, 0.1) is 27.9 Å². The number of carbonyl (C=O) groups excluding carboxylic acids is 1. The molecule has 0 aliphatic carbocycles. The molecule has 0 saturated carbocycles. The van der Waals surface area contributed by atoms with Gasteiger partial charge in [0, 0.05) is 16.0 Å². The summed E-state index contributed by atoms with van der Waals surface area (Å²) in [5.41, 5.74) is 6.65. The lowest BCUT2D eigenvalue weighted by Gasteiger charge is -2.08. The summed E-state index contributed by atoms with van der Waals surface area (Å²) in [5.74, 6) is -0.542. The van der Waals surface area contributed by atoms with Gasteiger partial charge in [-0.15, -0.1) is 11.3 Å². The maximum Gasteiger partial charge on any atom is 0.340 e. The van der Waals surface area contributed by atoms with Crippen LogP contribution in [0.25, 0.3) is 11.6 Å². The molecule has 0 fully saturated rings. The van der Waals surface area contributed by atoms with Gasteiger partial charge < -0.3 is 10.5 Å². The summed E-state index contributed by atoms with van der Waals surface area (Å²) in [7, 11) is 0. The van der Waals surface area contributed by atoms with E-state index in [1.807, 2.05) is 0 Å². The number of halogens is 3. The van der Waals surface area contributed by atoms with Crippen LogP contribution >= 0.6 is 46.1 Å². The molecule has 0 aliphatic heterocycles. The molecular weight excluding hydrogens is 367 g/mol. The van der Waals surface area contributed by atoms with Crippen molar-refractivity contribution >= 4 is 68.9 Å². The Hall–Kier alpha value is -1.27. The van der Waals surface area contributed by atoms with Crippen molar-refractivity contribution in [2.75, 3.05) is 12.3 Å². The SMILES string of the molecule is CCOC(=O)/C(=C\c1c(Cl)ccc(Cl)c1Cl)c1csc(N)n1. The summed E-state index contributed by atoms with van der Waals surface area (Å²) in [4.78, 5) is 16.3. The Morgan fingerprint density at radius 3 is 2.64 bits per heavy atom. The third kappa shape index (κ3) is 3.73. The average molecular weight is 378 g/mol. The van der Waals surface area contributed by atoms with E-state index in [9.17, 15) is 4.79 Å². The van der Waals surface area contributed by atoms with E-state index in [-0.39, 0.29) is 17.2 Å². The number of hydrogen-bond acceptors (Lipinski definition) is 5. The zero-order valence-electron chi connectivity index (χ0n) is 11.4. The van der Waals surface area contributed by atoms with E-state index in [4.69, 9.17) is 45.3 Å². The Morgan fingerprint density at radius 2 is 2.05 bits per heavy atom. The quantitative estimate of drug-likeness (QED) is 0.472. The van der Waals surface area contributed by atoms with Crippen molar-refractivity contribution in [3.8, 4) is 0 Å². The molecule has 0 saturated heterocycles. The number of nitrogens with two attached hydrogens (primary N) is 1. The highest BCUT2D eigenvalue weighted by atomic mass is 35.5. The zero-order chi connectivity index (χ0) is 16.3. The van der Waals surface area contributed by atoms with Crippen LogP contribution < -0.4 is 5.73 Å². The number of anilines is 1. The topological polar surface area (TPSA) is 65.2 Å². The van der Waals surface area contributed by atoms with Crippen LogP contribution in [0.2, 0.25) is 15.1 Å². The number of aromatic nitrogens is 1. The van der Waals surface area contributed by atoms with Gasteiger partial charge in [-0.2, -0.15) is 0 Å². The van der Waals surface area contributed by atoms with Crippen LogP contribution in [0.15, 0.2) is 17.5 Å². The summed E-state index contributed by atoms with van der Waals surface area (Å²) in [5, 5.41) is 2.94. The first kappa shape index (κ1) is 17.1.